The molecule has 1 fully saturated rings. The van der Waals surface area contributed by atoms with Crippen molar-refractivity contribution in [3.05, 3.63) is 48.6 Å². The van der Waals surface area contributed by atoms with E-state index in [-0.39, 0.29) is 35.6 Å². The molecule has 0 bridgehead atoms. The molecule has 2 N–H and O–H groups in total. The third kappa shape index (κ3) is 4.24. The zero-order valence-electron chi connectivity index (χ0n) is 16.1. The topological polar surface area (TPSA) is 88.9 Å². The van der Waals surface area contributed by atoms with Crippen molar-refractivity contribution in [3.63, 3.8) is 0 Å². The number of nitrogens with one attached hydrogen (secondary N) is 2. The Morgan fingerprint density at radius 1 is 1.22 bits per heavy atom. The molecular weight excluding hydrogens is 342 g/mol. The van der Waals surface area contributed by atoms with Gasteiger partial charge in [-0.05, 0) is 49.4 Å². The van der Waals surface area contributed by atoms with Crippen LogP contribution < -0.4 is 10.6 Å². The van der Waals surface area contributed by atoms with Gasteiger partial charge in [-0.1, -0.05) is 25.5 Å². The summed E-state index contributed by atoms with van der Waals surface area (Å²) in [5, 5.41) is 9.59. The van der Waals surface area contributed by atoms with Crippen LogP contribution in [0.25, 0.3) is 5.69 Å². The number of amides is 2. The molecule has 7 heteroatoms. The number of anilines is 1. The van der Waals surface area contributed by atoms with Gasteiger partial charge in [0.15, 0.2) is 0 Å². The molecule has 0 spiro atoms. The predicted molar refractivity (Wildman–Crippen MR) is 103 cm³/mol. The van der Waals surface area contributed by atoms with Crippen molar-refractivity contribution < 1.29 is 9.59 Å². The molecule has 2 unspecified atom stereocenters. The molecule has 3 rings (SSSR count). The predicted octanol–water partition coefficient (Wildman–Crippen LogP) is 2.56. The summed E-state index contributed by atoms with van der Waals surface area (Å²) in [5.41, 5.74) is 2.65. The Morgan fingerprint density at radius 2 is 1.93 bits per heavy atom. The number of hydrogen-bond acceptors (Lipinski definition) is 4. The second kappa shape index (κ2) is 7.34. The van der Waals surface area contributed by atoms with Crippen molar-refractivity contribution >= 4 is 17.5 Å². The van der Waals surface area contributed by atoms with Gasteiger partial charge in [-0.2, -0.15) is 5.10 Å². The van der Waals surface area contributed by atoms with Gasteiger partial charge in [0.05, 0.1) is 18.2 Å². The molecule has 27 heavy (non-hydrogen) atoms. The fraction of sp³-hybridized carbons (Fsp3) is 0.400. The van der Waals surface area contributed by atoms with Gasteiger partial charge in [0.25, 0.3) is 0 Å². The lowest BCUT2D eigenvalue weighted by atomic mass is 10.1. The molecule has 7 nitrogen and oxygen atoms in total. The molecule has 1 saturated carbocycles. The fourth-order valence-electron chi connectivity index (χ4n) is 3.37. The normalized spacial score (nSPS) is 19.9. The first kappa shape index (κ1) is 18.8. The molecule has 0 saturated heterocycles. The minimum Gasteiger partial charge on any atom is -0.347 e. The van der Waals surface area contributed by atoms with Crippen LogP contribution in [0.5, 0.6) is 0 Å². The van der Waals surface area contributed by atoms with Gasteiger partial charge >= 0.3 is 0 Å². The maximum atomic E-state index is 12.4. The Bertz CT molecular complexity index is 849. The van der Waals surface area contributed by atoms with E-state index in [0.717, 1.165) is 5.69 Å². The summed E-state index contributed by atoms with van der Waals surface area (Å²) >= 11 is 0. The highest BCUT2D eigenvalue weighted by Crippen LogP contribution is 2.59. The maximum absolute atomic E-state index is 12.4. The summed E-state index contributed by atoms with van der Waals surface area (Å²) in [7, 11) is 0. The molecule has 0 radical (unpaired) electrons. The highest BCUT2D eigenvalue weighted by Gasteiger charge is 2.60. The minimum atomic E-state index is -0.255. The molecule has 2 aromatic rings. The van der Waals surface area contributed by atoms with E-state index in [1.54, 1.807) is 23.1 Å². The summed E-state index contributed by atoms with van der Waals surface area (Å²) < 4.78 is 1.63. The van der Waals surface area contributed by atoms with Crippen LogP contribution >= 0.6 is 0 Å². The lowest BCUT2D eigenvalue weighted by Gasteiger charge is -2.08. The monoisotopic (exact) mass is 367 g/mol. The maximum Gasteiger partial charge on any atom is 0.243 e. The van der Waals surface area contributed by atoms with Gasteiger partial charge in [0.1, 0.15) is 12.7 Å². The second-order valence-corrected chi connectivity index (χ2v) is 7.72. The van der Waals surface area contributed by atoms with E-state index < -0.39 is 0 Å². The summed E-state index contributed by atoms with van der Waals surface area (Å²) in [5.74, 6) is -0.176. The van der Waals surface area contributed by atoms with Crippen molar-refractivity contribution in [2.75, 3.05) is 11.9 Å². The van der Waals surface area contributed by atoms with Crippen LogP contribution in [0.2, 0.25) is 0 Å². The molecule has 1 aliphatic rings. The Morgan fingerprint density at radius 3 is 2.52 bits per heavy atom. The molecule has 1 aromatic heterocycles. The molecular formula is C20H25N5O2. The standard InChI is InChI=1S/C20H25N5O2/c1-13(2)9-16-18(20(16,3)4)19(27)22-10-17(26)24-14-5-7-15(8-6-14)25-12-21-11-23-25/h5-9,11-12,16,18H,10H2,1-4H3,(H,22,27)(H,24,26). The molecule has 2 atom stereocenters. The first-order chi connectivity index (χ1) is 12.8. The van der Waals surface area contributed by atoms with Gasteiger partial charge < -0.3 is 10.6 Å². The van der Waals surface area contributed by atoms with Crippen molar-refractivity contribution in [1.82, 2.24) is 20.1 Å². The van der Waals surface area contributed by atoms with Gasteiger partial charge in [0.2, 0.25) is 11.8 Å². The van der Waals surface area contributed by atoms with E-state index in [0.29, 0.717) is 5.69 Å². The number of carbonyl (C=O) groups excluding carboxylic acids is 2. The third-order valence-electron chi connectivity index (χ3n) is 4.96. The molecule has 142 valence electrons. The number of rotatable bonds is 6. The smallest absolute Gasteiger partial charge is 0.243 e. The van der Waals surface area contributed by atoms with Crippen molar-refractivity contribution in [3.8, 4) is 5.69 Å². The number of aromatic nitrogens is 3. The van der Waals surface area contributed by atoms with Crippen LogP contribution in [0.1, 0.15) is 27.7 Å². The van der Waals surface area contributed by atoms with E-state index in [1.807, 2.05) is 26.0 Å². The largest absolute Gasteiger partial charge is 0.347 e. The summed E-state index contributed by atoms with van der Waals surface area (Å²) in [6, 6.07) is 7.23. The highest BCUT2D eigenvalue weighted by atomic mass is 16.2. The summed E-state index contributed by atoms with van der Waals surface area (Å²) in [6.45, 7) is 8.18. The molecule has 2 amide bonds. The van der Waals surface area contributed by atoms with Crippen LogP contribution in [0.15, 0.2) is 48.6 Å². The van der Waals surface area contributed by atoms with Gasteiger partial charge in [-0.3, -0.25) is 9.59 Å². The summed E-state index contributed by atoms with van der Waals surface area (Å²) in [4.78, 5) is 28.4. The van der Waals surface area contributed by atoms with E-state index in [4.69, 9.17) is 0 Å². The van der Waals surface area contributed by atoms with Crippen molar-refractivity contribution in [1.29, 1.82) is 0 Å². The average Bonchev–Trinajstić information content (AvgIpc) is 2.99. The highest BCUT2D eigenvalue weighted by molar-refractivity contribution is 5.95. The van der Waals surface area contributed by atoms with E-state index in [2.05, 4.69) is 40.6 Å². The summed E-state index contributed by atoms with van der Waals surface area (Å²) in [6.07, 6.45) is 5.20. The first-order valence-corrected chi connectivity index (χ1v) is 8.96. The second-order valence-electron chi connectivity index (χ2n) is 7.72. The SMILES string of the molecule is CC(C)=CC1C(C(=O)NCC(=O)Nc2ccc(-n3cncn3)cc2)C1(C)C. The van der Waals surface area contributed by atoms with Crippen LogP contribution in [-0.4, -0.2) is 33.1 Å². The quantitative estimate of drug-likeness (QED) is 0.768. The molecule has 0 aliphatic heterocycles. The van der Waals surface area contributed by atoms with Crippen LogP contribution in [-0.2, 0) is 9.59 Å². The molecule has 1 heterocycles. The van der Waals surface area contributed by atoms with Crippen molar-refractivity contribution in [2.24, 2.45) is 17.3 Å². The lowest BCUT2D eigenvalue weighted by molar-refractivity contribution is -0.125. The van der Waals surface area contributed by atoms with Gasteiger partial charge in [0, 0.05) is 5.69 Å². The van der Waals surface area contributed by atoms with Crippen LogP contribution in [0.3, 0.4) is 0 Å². The van der Waals surface area contributed by atoms with Crippen LogP contribution in [0.4, 0.5) is 5.69 Å². The van der Waals surface area contributed by atoms with E-state index in [9.17, 15) is 9.59 Å². The van der Waals surface area contributed by atoms with Crippen LogP contribution in [0, 0.1) is 17.3 Å². The van der Waals surface area contributed by atoms with Gasteiger partial charge in [-0.15, -0.1) is 0 Å². The minimum absolute atomic E-state index is 0.0439. The number of carbonyl (C=O) groups is 2. The lowest BCUT2D eigenvalue weighted by Crippen LogP contribution is -2.34. The van der Waals surface area contributed by atoms with Gasteiger partial charge in [-0.25, -0.2) is 9.67 Å². The van der Waals surface area contributed by atoms with Crippen molar-refractivity contribution in [2.45, 2.75) is 27.7 Å². The third-order valence-corrected chi connectivity index (χ3v) is 4.96. The molecule has 1 aliphatic carbocycles. The Labute approximate surface area is 158 Å². The van der Waals surface area contributed by atoms with E-state index >= 15 is 0 Å². The fourth-order valence-corrected chi connectivity index (χ4v) is 3.37. The molecule has 1 aromatic carbocycles. The Kier molecular flexibility index (Phi) is 5.12. The number of benzene rings is 1. The Hall–Kier alpha value is -2.96. The van der Waals surface area contributed by atoms with E-state index in [1.165, 1.54) is 11.9 Å². The zero-order chi connectivity index (χ0) is 19.6. The number of allylic oxidation sites excluding steroid dienone is 2. The number of hydrogen-bond donors (Lipinski definition) is 2. The Balaban J connectivity index is 1.50. The zero-order valence-corrected chi connectivity index (χ0v) is 16.1. The first-order valence-electron chi connectivity index (χ1n) is 8.96. The average molecular weight is 367 g/mol. The number of nitrogens with zero attached hydrogens (tertiary/aromatic N) is 3.